The molecule has 11 heteroatoms. The Balaban J connectivity index is 0.00000336. The van der Waals surface area contributed by atoms with Crippen LogP contribution in [0.2, 0.25) is 0 Å². The second-order valence-electron chi connectivity index (χ2n) is 10.7. The fraction of sp³-hybridized carbons (Fsp3) is 0.615. The molecule has 5 rings (SSSR count). The monoisotopic (exact) mass is 517 g/mol. The Labute approximate surface area is 216 Å². The summed E-state index contributed by atoms with van der Waals surface area (Å²) in [5.41, 5.74) is 0.0337. The van der Waals surface area contributed by atoms with E-state index in [9.17, 15) is 18.7 Å². The van der Waals surface area contributed by atoms with Gasteiger partial charge in [-0.25, -0.2) is 18.3 Å². The van der Waals surface area contributed by atoms with Gasteiger partial charge in [0.05, 0.1) is 30.1 Å². The smallest absolute Gasteiger partial charge is 0.284 e. The third-order valence-corrected chi connectivity index (χ3v) is 7.95. The van der Waals surface area contributed by atoms with Crippen LogP contribution in [0.1, 0.15) is 95.2 Å². The number of aromatic nitrogens is 5. The molecule has 9 nitrogen and oxygen atoms in total. The van der Waals surface area contributed by atoms with E-state index in [1.54, 1.807) is 16.9 Å². The highest BCUT2D eigenvalue weighted by atomic mass is 19.3. The zero-order valence-corrected chi connectivity index (χ0v) is 21.3. The normalized spacial score (nSPS) is 24.6. The summed E-state index contributed by atoms with van der Waals surface area (Å²) in [6, 6.07) is 1.66. The molecule has 0 aliphatic heterocycles. The van der Waals surface area contributed by atoms with Crippen molar-refractivity contribution in [3.63, 3.8) is 0 Å². The Morgan fingerprint density at radius 3 is 2.62 bits per heavy atom. The average molecular weight is 518 g/mol. The van der Waals surface area contributed by atoms with Crippen LogP contribution in [0, 0.1) is 11.8 Å². The van der Waals surface area contributed by atoms with E-state index in [0.29, 0.717) is 23.3 Å². The van der Waals surface area contributed by atoms with E-state index >= 15 is 0 Å². The van der Waals surface area contributed by atoms with Crippen molar-refractivity contribution in [3.05, 3.63) is 35.9 Å². The quantitative estimate of drug-likeness (QED) is 0.384. The molecule has 37 heavy (non-hydrogen) atoms. The van der Waals surface area contributed by atoms with E-state index in [1.165, 1.54) is 16.9 Å². The number of hydrogen-bond acceptors (Lipinski definition) is 6. The van der Waals surface area contributed by atoms with Crippen molar-refractivity contribution in [1.82, 2.24) is 24.4 Å². The van der Waals surface area contributed by atoms with Crippen LogP contribution in [0.3, 0.4) is 0 Å². The fourth-order valence-electron chi connectivity index (χ4n) is 5.65. The lowest BCUT2D eigenvalue weighted by Gasteiger charge is -2.30. The summed E-state index contributed by atoms with van der Waals surface area (Å²) >= 11 is 0. The molecular formula is C26H37F2N7O2. The number of amides is 1. The van der Waals surface area contributed by atoms with E-state index in [4.69, 9.17) is 0 Å². The first-order valence-corrected chi connectivity index (χ1v) is 13.3. The first-order valence-electron chi connectivity index (χ1n) is 13.3. The van der Waals surface area contributed by atoms with Gasteiger partial charge in [-0.2, -0.15) is 10.2 Å². The maximum atomic E-state index is 13.8. The van der Waals surface area contributed by atoms with Gasteiger partial charge in [0, 0.05) is 13.8 Å². The maximum Gasteiger partial charge on any atom is 0.284 e. The van der Waals surface area contributed by atoms with Gasteiger partial charge in [-0.3, -0.25) is 9.48 Å². The van der Waals surface area contributed by atoms with Crippen LogP contribution in [-0.4, -0.2) is 47.5 Å². The number of nitrogens with zero attached hydrogens (tertiary/aromatic N) is 5. The summed E-state index contributed by atoms with van der Waals surface area (Å²) in [5, 5.41) is 24.5. The molecule has 2 fully saturated rings. The molecule has 202 valence electrons. The molecule has 3 aromatic rings. The molecule has 2 aliphatic rings. The van der Waals surface area contributed by atoms with E-state index in [-0.39, 0.29) is 24.8 Å². The third-order valence-electron chi connectivity index (χ3n) is 7.95. The molecule has 2 aliphatic carbocycles. The number of hydrogen-bond donors (Lipinski definition) is 3. The van der Waals surface area contributed by atoms with Crippen LogP contribution in [0.25, 0.3) is 5.65 Å². The SMILES string of the molecule is CC(C)C1CCC(n2cc(NC(=O)c3cnn4ccc(N[C@H]5CCCC[C@H]5O)nc34)c(C(F)F)n2)CC1.[HH]. The van der Waals surface area contributed by atoms with Crippen LogP contribution in [-0.2, 0) is 0 Å². The minimum atomic E-state index is -2.82. The highest BCUT2D eigenvalue weighted by molar-refractivity contribution is 6.08. The standard InChI is InChI=1S/C26H35F2N7O2.H2/c1-15(2)16-7-9-17(10-8-16)35-14-20(23(33-35)24(27)28)31-26(37)18-13-29-34-12-11-22(32-25(18)34)30-19-5-3-4-6-21(19)36;/h11-17,19,21,24,36H,3-10H2,1-2H3,(H,30,32)(H,31,37);1H/t16?,17?,19-,21+;/m0./s1. The Hall–Kier alpha value is -3.08. The van der Waals surface area contributed by atoms with Crippen molar-refractivity contribution < 1.29 is 20.1 Å². The lowest BCUT2D eigenvalue weighted by Crippen LogP contribution is -2.36. The van der Waals surface area contributed by atoms with Crippen molar-refractivity contribution in [2.75, 3.05) is 10.6 Å². The topological polar surface area (TPSA) is 109 Å². The number of alkyl halides is 2. The van der Waals surface area contributed by atoms with Gasteiger partial charge in [0.25, 0.3) is 12.3 Å². The summed E-state index contributed by atoms with van der Waals surface area (Å²) in [6.07, 6.45) is 8.72. The van der Waals surface area contributed by atoms with Gasteiger partial charge in [0.2, 0.25) is 0 Å². The zero-order chi connectivity index (χ0) is 26.1. The van der Waals surface area contributed by atoms with E-state index in [2.05, 4.69) is 39.7 Å². The second-order valence-corrected chi connectivity index (χ2v) is 10.7. The number of anilines is 2. The van der Waals surface area contributed by atoms with E-state index < -0.39 is 24.1 Å². The van der Waals surface area contributed by atoms with Crippen molar-refractivity contribution in [2.24, 2.45) is 11.8 Å². The van der Waals surface area contributed by atoms with Crippen LogP contribution in [0.15, 0.2) is 24.7 Å². The molecule has 1 amide bonds. The number of carbonyl (C=O) groups is 1. The molecule has 2 saturated carbocycles. The molecule has 0 unspecified atom stereocenters. The fourth-order valence-corrected chi connectivity index (χ4v) is 5.65. The van der Waals surface area contributed by atoms with Crippen LogP contribution in [0.4, 0.5) is 20.3 Å². The van der Waals surface area contributed by atoms with Crippen molar-refractivity contribution in [3.8, 4) is 0 Å². The first kappa shape index (κ1) is 25.6. The summed E-state index contributed by atoms with van der Waals surface area (Å²) in [5.74, 6) is 1.19. The Bertz CT molecular complexity index is 1240. The number of rotatable bonds is 7. The Kier molecular flexibility index (Phi) is 7.41. The Morgan fingerprint density at radius 1 is 1.16 bits per heavy atom. The molecule has 0 saturated heterocycles. The number of carbonyl (C=O) groups excluding carboxylic acids is 1. The van der Waals surface area contributed by atoms with Crippen LogP contribution >= 0.6 is 0 Å². The molecule has 3 N–H and O–H groups in total. The van der Waals surface area contributed by atoms with Crippen molar-refractivity contribution in [2.45, 2.75) is 89.8 Å². The number of halogens is 2. The van der Waals surface area contributed by atoms with Gasteiger partial charge < -0.3 is 15.7 Å². The highest BCUT2D eigenvalue weighted by Crippen LogP contribution is 2.37. The summed E-state index contributed by atoms with van der Waals surface area (Å²) < 4.78 is 30.7. The Morgan fingerprint density at radius 2 is 1.92 bits per heavy atom. The maximum absolute atomic E-state index is 13.8. The van der Waals surface area contributed by atoms with E-state index in [1.807, 2.05) is 0 Å². The van der Waals surface area contributed by atoms with Gasteiger partial charge >= 0.3 is 0 Å². The lowest BCUT2D eigenvalue weighted by atomic mass is 9.80. The lowest BCUT2D eigenvalue weighted by molar-refractivity contribution is 0.102. The number of fused-ring (bicyclic) bond motifs is 1. The van der Waals surface area contributed by atoms with Crippen LogP contribution in [0.5, 0.6) is 0 Å². The van der Waals surface area contributed by atoms with E-state index in [0.717, 1.165) is 51.4 Å². The summed E-state index contributed by atoms with van der Waals surface area (Å²) in [6.45, 7) is 4.43. The number of aliphatic hydroxyl groups is 1. The molecule has 0 spiro atoms. The van der Waals surface area contributed by atoms with Gasteiger partial charge in [0.1, 0.15) is 11.4 Å². The van der Waals surface area contributed by atoms with Crippen LogP contribution < -0.4 is 10.6 Å². The molecule has 0 radical (unpaired) electrons. The molecule has 0 aromatic carbocycles. The van der Waals surface area contributed by atoms with Gasteiger partial charge in [0.15, 0.2) is 11.3 Å². The first-order chi connectivity index (χ1) is 17.8. The van der Waals surface area contributed by atoms with Crippen molar-refractivity contribution in [1.29, 1.82) is 0 Å². The molecule has 3 heterocycles. The third kappa shape index (κ3) is 5.46. The average Bonchev–Trinajstić information content (AvgIpc) is 3.50. The van der Waals surface area contributed by atoms with Gasteiger partial charge in [-0.05, 0) is 56.4 Å². The molecule has 2 atom stereocenters. The summed E-state index contributed by atoms with van der Waals surface area (Å²) in [7, 11) is 0. The van der Waals surface area contributed by atoms with Crippen molar-refractivity contribution >= 4 is 23.1 Å². The highest BCUT2D eigenvalue weighted by Gasteiger charge is 2.29. The number of nitrogens with one attached hydrogen (secondary N) is 2. The minimum absolute atomic E-state index is 0. The predicted octanol–water partition coefficient (Wildman–Crippen LogP) is 5.46. The minimum Gasteiger partial charge on any atom is -0.391 e. The second kappa shape index (κ2) is 10.7. The molecular weight excluding hydrogens is 480 g/mol. The summed E-state index contributed by atoms with van der Waals surface area (Å²) in [4.78, 5) is 17.7. The zero-order valence-electron chi connectivity index (χ0n) is 21.3. The largest absolute Gasteiger partial charge is 0.391 e. The predicted molar refractivity (Wildman–Crippen MR) is 138 cm³/mol. The molecule has 0 bridgehead atoms. The molecule has 3 aromatic heterocycles. The van der Waals surface area contributed by atoms with Gasteiger partial charge in [-0.1, -0.05) is 26.7 Å². The van der Waals surface area contributed by atoms with Gasteiger partial charge in [-0.15, -0.1) is 0 Å². The number of aliphatic hydroxyl groups excluding tert-OH is 1.